The molecule has 3 aromatic rings. The van der Waals surface area contributed by atoms with E-state index in [1.165, 1.54) is 39.8 Å². The van der Waals surface area contributed by atoms with Crippen molar-refractivity contribution < 1.29 is 4.39 Å². The van der Waals surface area contributed by atoms with Crippen LogP contribution in [0.5, 0.6) is 0 Å². The highest BCUT2D eigenvalue weighted by Gasteiger charge is 2.26. The van der Waals surface area contributed by atoms with Gasteiger partial charge in [-0.05, 0) is 108 Å². The van der Waals surface area contributed by atoms with Crippen molar-refractivity contribution in [2.24, 2.45) is 4.99 Å². The minimum atomic E-state index is -0.122. The number of nitrogens with zero attached hydrogens (tertiary/aromatic N) is 1. The molecule has 3 aliphatic rings. The van der Waals surface area contributed by atoms with Gasteiger partial charge in [-0.3, -0.25) is 4.99 Å². The summed E-state index contributed by atoms with van der Waals surface area (Å²) in [4.78, 5) is 3.90. The minimum Gasteiger partial charge on any atom is -0.316 e. The van der Waals surface area contributed by atoms with E-state index in [1.807, 2.05) is 31.5 Å². The number of aryl methyl sites for hydroxylation is 1. The van der Waals surface area contributed by atoms with Crippen LogP contribution in [0.4, 0.5) is 4.39 Å². The van der Waals surface area contributed by atoms with E-state index < -0.39 is 0 Å². The molecule has 2 aliphatic carbocycles. The molecule has 0 fully saturated rings. The summed E-state index contributed by atoms with van der Waals surface area (Å²) in [6, 6.07) is 19.0. The minimum absolute atomic E-state index is 0.122. The SMILES string of the molecule is C1=CCC=NC=C1.CNCc1ccc(C2CCc3c(ccc4c3CCc3cc(F)ccc3-4)C2)cc1. The Labute approximate surface area is 208 Å². The van der Waals surface area contributed by atoms with Crippen molar-refractivity contribution >= 4 is 6.21 Å². The topological polar surface area (TPSA) is 24.4 Å². The van der Waals surface area contributed by atoms with E-state index in [-0.39, 0.29) is 5.82 Å². The molecule has 0 spiro atoms. The van der Waals surface area contributed by atoms with E-state index in [0.717, 1.165) is 44.2 Å². The second-order valence-corrected chi connectivity index (χ2v) is 9.58. The number of halogens is 1. The zero-order chi connectivity index (χ0) is 24.0. The van der Waals surface area contributed by atoms with Gasteiger partial charge < -0.3 is 5.32 Å². The Kier molecular flexibility index (Phi) is 7.34. The molecule has 0 aromatic heterocycles. The second kappa shape index (κ2) is 11.0. The number of allylic oxidation sites excluding steroid dienone is 3. The van der Waals surface area contributed by atoms with E-state index >= 15 is 0 Å². The summed E-state index contributed by atoms with van der Waals surface area (Å²) in [7, 11) is 1.99. The van der Waals surface area contributed by atoms with E-state index in [2.05, 4.69) is 52.8 Å². The Morgan fingerprint density at radius 2 is 1.74 bits per heavy atom. The Bertz CT molecular complexity index is 1250. The molecular weight excluding hydrogens is 431 g/mol. The van der Waals surface area contributed by atoms with Gasteiger partial charge in [-0.15, -0.1) is 0 Å². The third-order valence-electron chi connectivity index (χ3n) is 7.34. The first-order valence-corrected chi connectivity index (χ1v) is 12.7. The van der Waals surface area contributed by atoms with Gasteiger partial charge in [-0.1, -0.05) is 54.6 Å². The fraction of sp³-hybridized carbons (Fsp3) is 0.281. The number of rotatable bonds is 3. The Hall–Kier alpha value is -3.30. The van der Waals surface area contributed by atoms with E-state index in [9.17, 15) is 4.39 Å². The molecule has 0 saturated carbocycles. The third kappa shape index (κ3) is 5.36. The predicted octanol–water partition coefficient (Wildman–Crippen LogP) is 7.11. The number of hydrogen-bond donors (Lipinski definition) is 1. The number of nitrogens with one attached hydrogen (secondary N) is 1. The zero-order valence-electron chi connectivity index (χ0n) is 20.4. The van der Waals surface area contributed by atoms with Crippen molar-refractivity contribution in [2.75, 3.05) is 7.05 Å². The van der Waals surface area contributed by atoms with Crippen LogP contribution in [0.15, 0.2) is 84.0 Å². The molecule has 0 bridgehead atoms. The van der Waals surface area contributed by atoms with Crippen LogP contribution in [-0.4, -0.2) is 13.3 Å². The van der Waals surface area contributed by atoms with Gasteiger partial charge >= 0.3 is 0 Å². The van der Waals surface area contributed by atoms with Crippen molar-refractivity contribution in [3.63, 3.8) is 0 Å². The van der Waals surface area contributed by atoms with Crippen LogP contribution in [0.25, 0.3) is 11.1 Å². The summed E-state index contributed by atoms with van der Waals surface area (Å²) < 4.78 is 13.6. The third-order valence-corrected chi connectivity index (χ3v) is 7.34. The Morgan fingerprint density at radius 3 is 2.60 bits per heavy atom. The zero-order valence-corrected chi connectivity index (χ0v) is 20.4. The molecule has 1 unspecified atom stereocenters. The first-order chi connectivity index (χ1) is 17.2. The average molecular weight is 465 g/mol. The van der Waals surface area contributed by atoms with Crippen LogP contribution in [-0.2, 0) is 32.2 Å². The first kappa shape index (κ1) is 23.4. The van der Waals surface area contributed by atoms with Crippen LogP contribution < -0.4 is 5.32 Å². The average Bonchev–Trinajstić information content (AvgIpc) is 3.22. The van der Waals surface area contributed by atoms with Gasteiger partial charge in [0.1, 0.15) is 5.82 Å². The van der Waals surface area contributed by atoms with Crippen molar-refractivity contribution in [2.45, 2.75) is 51.0 Å². The largest absolute Gasteiger partial charge is 0.316 e. The molecule has 3 aromatic carbocycles. The number of fused-ring (bicyclic) bond motifs is 5. The summed E-state index contributed by atoms with van der Waals surface area (Å²) in [6.07, 6.45) is 16.1. The molecule has 0 radical (unpaired) electrons. The van der Waals surface area contributed by atoms with Crippen LogP contribution >= 0.6 is 0 Å². The fourth-order valence-corrected chi connectivity index (χ4v) is 5.60. The number of aliphatic imine (C=N–C) groups is 1. The summed E-state index contributed by atoms with van der Waals surface area (Å²) in [5, 5.41) is 3.21. The normalized spacial score (nSPS) is 17.5. The molecule has 1 aliphatic heterocycles. The van der Waals surface area contributed by atoms with Crippen LogP contribution in [0.2, 0.25) is 0 Å². The lowest BCUT2D eigenvalue weighted by molar-refractivity contribution is 0.580. The molecule has 35 heavy (non-hydrogen) atoms. The molecule has 0 amide bonds. The quantitative estimate of drug-likeness (QED) is 0.439. The van der Waals surface area contributed by atoms with Gasteiger partial charge in [0.2, 0.25) is 0 Å². The van der Waals surface area contributed by atoms with Gasteiger partial charge in [0, 0.05) is 25.4 Å². The molecule has 0 saturated heterocycles. The van der Waals surface area contributed by atoms with Gasteiger partial charge in [-0.2, -0.15) is 0 Å². The molecule has 1 heterocycles. The van der Waals surface area contributed by atoms with Crippen LogP contribution in [0.1, 0.15) is 52.1 Å². The maximum Gasteiger partial charge on any atom is 0.123 e. The Balaban J connectivity index is 0.000000313. The first-order valence-electron chi connectivity index (χ1n) is 12.7. The maximum absolute atomic E-state index is 13.6. The second-order valence-electron chi connectivity index (χ2n) is 9.58. The lowest BCUT2D eigenvalue weighted by Crippen LogP contribution is -2.17. The number of benzene rings is 3. The van der Waals surface area contributed by atoms with Gasteiger partial charge in [0.25, 0.3) is 0 Å². The van der Waals surface area contributed by atoms with Crippen molar-refractivity contribution in [3.05, 3.63) is 118 Å². The standard InChI is InChI=1S/C26H26FN.C6H7N/c1-28-16-17-2-4-18(5-3-17)19-6-10-23-20(14-19)7-11-26-24-13-9-22(27)15-21(24)8-12-25(23)26;1-2-4-6-7-5-3-1/h2-5,7,9,11,13,15,19,28H,6,8,10,12,14,16H2,1H3;1-3,5-6H,4H2. The highest BCUT2D eigenvalue weighted by molar-refractivity contribution is 5.75. The van der Waals surface area contributed by atoms with Crippen LogP contribution in [0, 0.1) is 5.82 Å². The predicted molar refractivity (Wildman–Crippen MR) is 145 cm³/mol. The van der Waals surface area contributed by atoms with Crippen molar-refractivity contribution in [1.29, 1.82) is 0 Å². The molecule has 178 valence electrons. The van der Waals surface area contributed by atoms with Gasteiger partial charge in [0.05, 0.1) is 0 Å². The summed E-state index contributed by atoms with van der Waals surface area (Å²) in [5.74, 6) is 0.489. The molecule has 2 nitrogen and oxygen atoms in total. The molecule has 3 heteroatoms. The van der Waals surface area contributed by atoms with Crippen molar-refractivity contribution in [3.8, 4) is 11.1 Å². The highest BCUT2D eigenvalue weighted by Crippen LogP contribution is 2.41. The fourth-order valence-electron chi connectivity index (χ4n) is 5.60. The van der Waals surface area contributed by atoms with E-state index in [1.54, 1.807) is 23.9 Å². The van der Waals surface area contributed by atoms with Crippen LogP contribution in [0.3, 0.4) is 0 Å². The monoisotopic (exact) mass is 464 g/mol. The van der Waals surface area contributed by atoms with Gasteiger partial charge in [0.15, 0.2) is 0 Å². The van der Waals surface area contributed by atoms with Gasteiger partial charge in [-0.25, -0.2) is 4.39 Å². The summed E-state index contributed by atoms with van der Waals surface area (Å²) >= 11 is 0. The molecular formula is C32H33FN2. The summed E-state index contributed by atoms with van der Waals surface area (Å²) in [5.41, 5.74) is 11.1. The molecule has 1 N–H and O–H groups in total. The maximum atomic E-state index is 13.6. The van der Waals surface area contributed by atoms with E-state index in [4.69, 9.17) is 0 Å². The van der Waals surface area contributed by atoms with Crippen molar-refractivity contribution in [1.82, 2.24) is 5.32 Å². The summed E-state index contributed by atoms with van der Waals surface area (Å²) in [6.45, 7) is 0.922. The lowest BCUT2D eigenvalue weighted by atomic mass is 9.74. The molecule has 6 rings (SSSR count). The highest BCUT2D eigenvalue weighted by atomic mass is 19.1. The Morgan fingerprint density at radius 1 is 0.886 bits per heavy atom. The number of hydrogen-bond acceptors (Lipinski definition) is 2. The molecule has 1 atom stereocenters. The smallest absolute Gasteiger partial charge is 0.123 e. The van der Waals surface area contributed by atoms with E-state index in [0.29, 0.717) is 5.92 Å². The lowest BCUT2D eigenvalue weighted by Gasteiger charge is -2.30.